The van der Waals surface area contributed by atoms with Crippen LogP contribution >= 0.6 is 11.8 Å². The van der Waals surface area contributed by atoms with Gasteiger partial charge in [-0.15, -0.1) is 0 Å². The fourth-order valence-electron chi connectivity index (χ4n) is 1.41. The summed E-state index contributed by atoms with van der Waals surface area (Å²) < 4.78 is 0. The SMILES string of the molecule is CC(N)C1=CCC2N=CSC2=C1. The molecule has 1 aliphatic carbocycles. The van der Waals surface area contributed by atoms with E-state index in [0.29, 0.717) is 6.04 Å². The Balaban J connectivity index is 2.20. The van der Waals surface area contributed by atoms with Gasteiger partial charge in [0.2, 0.25) is 0 Å². The van der Waals surface area contributed by atoms with Crippen molar-refractivity contribution in [3.8, 4) is 0 Å². The van der Waals surface area contributed by atoms with Gasteiger partial charge in [0, 0.05) is 10.9 Å². The van der Waals surface area contributed by atoms with Gasteiger partial charge in [-0.05, 0) is 25.0 Å². The van der Waals surface area contributed by atoms with Crippen molar-refractivity contribution in [2.24, 2.45) is 10.7 Å². The van der Waals surface area contributed by atoms with E-state index in [-0.39, 0.29) is 6.04 Å². The van der Waals surface area contributed by atoms with Crippen molar-refractivity contribution in [3.63, 3.8) is 0 Å². The number of rotatable bonds is 1. The molecule has 2 aliphatic rings. The van der Waals surface area contributed by atoms with Crippen LogP contribution in [0.4, 0.5) is 0 Å². The van der Waals surface area contributed by atoms with Gasteiger partial charge < -0.3 is 5.73 Å². The van der Waals surface area contributed by atoms with Crippen LogP contribution in [-0.4, -0.2) is 17.6 Å². The summed E-state index contributed by atoms with van der Waals surface area (Å²) >= 11 is 1.72. The van der Waals surface area contributed by atoms with Crippen LogP contribution in [0.3, 0.4) is 0 Å². The molecule has 0 aromatic carbocycles. The molecular weight excluding hydrogens is 168 g/mol. The predicted molar refractivity (Wildman–Crippen MR) is 54.3 cm³/mol. The Bertz CT molecular complexity index is 276. The number of nitrogens with two attached hydrogens (primary N) is 1. The average molecular weight is 180 g/mol. The van der Waals surface area contributed by atoms with Gasteiger partial charge >= 0.3 is 0 Å². The van der Waals surface area contributed by atoms with Gasteiger partial charge in [-0.3, -0.25) is 4.99 Å². The first-order valence-corrected chi connectivity index (χ1v) is 5.01. The third-order valence-corrected chi connectivity index (χ3v) is 3.06. The van der Waals surface area contributed by atoms with Crippen molar-refractivity contribution in [3.05, 3.63) is 22.6 Å². The molecule has 12 heavy (non-hydrogen) atoms. The summed E-state index contributed by atoms with van der Waals surface area (Å²) in [5.41, 5.74) is 8.96. The van der Waals surface area contributed by atoms with E-state index in [1.165, 1.54) is 10.5 Å². The molecule has 3 heteroatoms. The second-order valence-corrected chi connectivity index (χ2v) is 4.08. The highest BCUT2D eigenvalue weighted by Gasteiger charge is 2.21. The van der Waals surface area contributed by atoms with Crippen LogP contribution in [0, 0.1) is 0 Å². The molecule has 0 saturated carbocycles. The Hall–Kier alpha value is -0.540. The standard InChI is InChI=1S/C9H12N2S/c1-6(10)7-2-3-8-9(4-7)12-5-11-8/h2,4-6,8H,3,10H2,1H3. The lowest BCUT2D eigenvalue weighted by Gasteiger charge is -2.16. The molecule has 2 N–H and O–H groups in total. The lowest BCUT2D eigenvalue weighted by molar-refractivity contribution is 0.788. The minimum Gasteiger partial charge on any atom is -0.324 e. The van der Waals surface area contributed by atoms with Crippen molar-refractivity contribution in [2.75, 3.05) is 0 Å². The molecule has 0 aromatic heterocycles. The number of hydrogen-bond donors (Lipinski definition) is 1. The summed E-state index contributed by atoms with van der Waals surface area (Å²) in [5, 5.41) is 0. The Labute approximate surface area is 76.6 Å². The smallest absolute Gasteiger partial charge is 0.0852 e. The lowest BCUT2D eigenvalue weighted by Crippen LogP contribution is -2.20. The molecule has 1 heterocycles. The topological polar surface area (TPSA) is 38.4 Å². The van der Waals surface area contributed by atoms with Gasteiger partial charge in [-0.1, -0.05) is 17.8 Å². The molecule has 2 nitrogen and oxygen atoms in total. The fourth-order valence-corrected chi connectivity index (χ4v) is 2.26. The highest BCUT2D eigenvalue weighted by Crippen LogP contribution is 2.33. The molecule has 2 rings (SSSR count). The molecule has 0 spiro atoms. The van der Waals surface area contributed by atoms with Crippen molar-refractivity contribution < 1.29 is 0 Å². The van der Waals surface area contributed by atoms with Crippen molar-refractivity contribution >= 4 is 17.3 Å². The zero-order valence-corrected chi connectivity index (χ0v) is 7.84. The van der Waals surface area contributed by atoms with E-state index in [2.05, 4.69) is 17.1 Å². The number of nitrogens with zero attached hydrogens (tertiary/aromatic N) is 1. The Morgan fingerprint density at radius 2 is 2.58 bits per heavy atom. The summed E-state index contributed by atoms with van der Waals surface area (Å²) in [6.45, 7) is 2.02. The normalized spacial score (nSPS) is 29.3. The molecule has 0 amide bonds. The second-order valence-electron chi connectivity index (χ2n) is 3.16. The first-order valence-electron chi connectivity index (χ1n) is 4.13. The monoisotopic (exact) mass is 180 g/mol. The van der Waals surface area contributed by atoms with E-state index in [1.54, 1.807) is 11.8 Å². The molecule has 2 atom stereocenters. The minimum atomic E-state index is 0.152. The van der Waals surface area contributed by atoms with Crippen LogP contribution in [0.2, 0.25) is 0 Å². The van der Waals surface area contributed by atoms with E-state index >= 15 is 0 Å². The van der Waals surface area contributed by atoms with Crippen molar-refractivity contribution in [1.82, 2.24) is 0 Å². The van der Waals surface area contributed by atoms with Crippen LogP contribution in [0.1, 0.15) is 13.3 Å². The summed E-state index contributed by atoms with van der Waals surface area (Å²) in [7, 11) is 0. The van der Waals surface area contributed by atoms with E-state index in [1.807, 2.05) is 12.5 Å². The van der Waals surface area contributed by atoms with Crippen LogP contribution in [0.5, 0.6) is 0 Å². The molecule has 0 saturated heterocycles. The Kier molecular flexibility index (Phi) is 2.07. The summed E-state index contributed by atoms with van der Waals surface area (Å²) in [5.74, 6) is 0. The van der Waals surface area contributed by atoms with Crippen LogP contribution in [0.15, 0.2) is 27.6 Å². The molecule has 0 fully saturated rings. The minimum absolute atomic E-state index is 0.152. The van der Waals surface area contributed by atoms with Gasteiger partial charge in [0.25, 0.3) is 0 Å². The van der Waals surface area contributed by atoms with Gasteiger partial charge in [0.1, 0.15) is 0 Å². The number of aliphatic imine (C=N–C) groups is 1. The molecular formula is C9H12N2S. The maximum Gasteiger partial charge on any atom is 0.0852 e. The fraction of sp³-hybridized carbons (Fsp3) is 0.444. The van der Waals surface area contributed by atoms with E-state index in [0.717, 1.165) is 6.42 Å². The van der Waals surface area contributed by atoms with Crippen molar-refractivity contribution in [1.29, 1.82) is 0 Å². The number of fused-ring (bicyclic) bond motifs is 1. The van der Waals surface area contributed by atoms with Gasteiger partial charge in [-0.2, -0.15) is 0 Å². The first-order chi connectivity index (χ1) is 5.77. The third-order valence-electron chi connectivity index (χ3n) is 2.17. The van der Waals surface area contributed by atoms with Gasteiger partial charge in [-0.25, -0.2) is 0 Å². The zero-order chi connectivity index (χ0) is 8.55. The largest absolute Gasteiger partial charge is 0.324 e. The molecule has 0 radical (unpaired) electrons. The first kappa shape index (κ1) is 8.08. The summed E-state index contributed by atoms with van der Waals surface area (Å²) in [6.07, 6.45) is 5.39. The zero-order valence-electron chi connectivity index (χ0n) is 7.03. The van der Waals surface area contributed by atoms with Gasteiger partial charge in [0.15, 0.2) is 0 Å². The van der Waals surface area contributed by atoms with Crippen molar-refractivity contribution in [2.45, 2.75) is 25.4 Å². The van der Waals surface area contributed by atoms with E-state index < -0.39 is 0 Å². The Morgan fingerprint density at radius 3 is 3.33 bits per heavy atom. The molecule has 1 aliphatic heterocycles. The van der Waals surface area contributed by atoms with Crippen LogP contribution in [-0.2, 0) is 0 Å². The lowest BCUT2D eigenvalue weighted by atomic mass is 9.99. The van der Waals surface area contributed by atoms with Crippen LogP contribution < -0.4 is 5.73 Å². The predicted octanol–water partition coefficient (Wildman–Crippen LogP) is 1.69. The van der Waals surface area contributed by atoms with E-state index in [9.17, 15) is 0 Å². The molecule has 0 aromatic rings. The maximum atomic E-state index is 5.79. The molecule has 0 bridgehead atoms. The molecule has 64 valence electrons. The second kappa shape index (κ2) is 3.07. The third kappa shape index (κ3) is 1.34. The molecule has 2 unspecified atom stereocenters. The maximum absolute atomic E-state index is 5.79. The number of hydrogen-bond acceptors (Lipinski definition) is 3. The number of thioether (sulfide) groups is 1. The average Bonchev–Trinajstić information content (AvgIpc) is 2.49. The van der Waals surface area contributed by atoms with Crippen LogP contribution in [0.25, 0.3) is 0 Å². The highest BCUT2D eigenvalue weighted by molar-refractivity contribution is 8.15. The highest BCUT2D eigenvalue weighted by atomic mass is 32.2. The quantitative estimate of drug-likeness (QED) is 0.667. The summed E-state index contributed by atoms with van der Waals surface area (Å²) in [6, 6.07) is 0.553. The van der Waals surface area contributed by atoms with E-state index in [4.69, 9.17) is 5.73 Å². The Morgan fingerprint density at radius 1 is 1.75 bits per heavy atom. The van der Waals surface area contributed by atoms with Gasteiger partial charge in [0.05, 0.1) is 11.6 Å². The summed E-state index contributed by atoms with van der Waals surface area (Å²) in [4.78, 5) is 5.69.